The number of carbonyl (C=O) groups excluding carboxylic acids is 1. The van der Waals surface area contributed by atoms with Gasteiger partial charge in [-0.15, -0.1) is 0 Å². The molecule has 6 rings (SSSR count). The van der Waals surface area contributed by atoms with Gasteiger partial charge in [0.15, 0.2) is 0 Å². The number of hydrogen-bond donors (Lipinski definition) is 2. The van der Waals surface area contributed by atoms with Crippen molar-refractivity contribution in [1.29, 1.82) is 0 Å². The van der Waals surface area contributed by atoms with Crippen molar-refractivity contribution in [3.8, 4) is 28.1 Å². The molecule has 0 radical (unpaired) electrons. The largest absolute Gasteiger partial charge is 0.444 e. The third-order valence-electron chi connectivity index (χ3n) is 7.99. The molecule has 8 heteroatoms. The second kappa shape index (κ2) is 10.5. The Kier molecular flexibility index (Phi) is 6.86. The summed E-state index contributed by atoms with van der Waals surface area (Å²) in [4.78, 5) is 39.1. The molecule has 2 N–H and O–H groups in total. The number of amides is 1. The van der Waals surface area contributed by atoms with E-state index in [2.05, 4.69) is 15.0 Å². The van der Waals surface area contributed by atoms with Crippen LogP contribution in [0, 0.1) is 0 Å². The van der Waals surface area contributed by atoms with Gasteiger partial charge in [-0.3, -0.25) is 14.3 Å². The molecular weight excluding hydrogens is 502 g/mol. The highest BCUT2D eigenvalue weighted by Crippen LogP contribution is 2.35. The summed E-state index contributed by atoms with van der Waals surface area (Å²) in [6.07, 6.45) is 12.1. The molecule has 1 atom stereocenters. The number of hydrogen-bond acceptors (Lipinski definition) is 4. The van der Waals surface area contributed by atoms with Crippen molar-refractivity contribution in [3.05, 3.63) is 82.9 Å². The van der Waals surface area contributed by atoms with Gasteiger partial charge in [0.05, 0.1) is 17.9 Å². The summed E-state index contributed by atoms with van der Waals surface area (Å²) in [6, 6.07) is 13.6. The highest BCUT2D eigenvalue weighted by atomic mass is 16.6. The average molecular weight is 540 g/mol. The van der Waals surface area contributed by atoms with Crippen molar-refractivity contribution < 1.29 is 9.53 Å². The monoisotopic (exact) mass is 539 g/mol. The zero-order valence-electron chi connectivity index (χ0n) is 23.4. The molecule has 1 aliphatic carbocycles. The Balaban J connectivity index is 1.17. The van der Waals surface area contributed by atoms with E-state index in [1.54, 1.807) is 15.5 Å². The second-order valence-corrected chi connectivity index (χ2v) is 12.0. The molecular formula is C32H37N5O3. The molecule has 1 amide bonds. The summed E-state index contributed by atoms with van der Waals surface area (Å²) >= 11 is 0. The fourth-order valence-electron chi connectivity index (χ4n) is 5.96. The lowest BCUT2D eigenvalue weighted by Crippen LogP contribution is -2.36. The van der Waals surface area contributed by atoms with E-state index in [-0.39, 0.29) is 17.7 Å². The number of aromatic amines is 2. The van der Waals surface area contributed by atoms with Crippen LogP contribution in [-0.2, 0) is 4.74 Å². The summed E-state index contributed by atoms with van der Waals surface area (Å²) in [5.41, 5.74) is 4.94. The molecule has 0 spiro atoms. The van der Waals surface area contributed by atoms with Crippen molar-refractivity contribution in [2.75, 3.05) is 6.54 Å². The van der Waals surface area contributed by atoms with Gasteiger partial charge in [0.2, 0.25) is 0 Å². The Hall–Kier alpha value is -4.07. The zero-order valence-corrected chi connectivity index (χ0v) is 23.4. The standard InChI is InChI=1S/C32H37N5O3/c1-32(2,3)40-31(39)37-15-6-9-28(37)26-17-24(19-33-26)23-14-16-36(29(38)18-23)25-12-10-21(11-13-25)27-20-34-30(35-27)22-7-4-5-8-22/h10-14,16-20,22,28,33H,4-9,15H2,1-3H3,(H,34,35)/t28-/m0/s1. The molecule has 1 saturated carbocycles. The van der Waals surface area contributed by atoms with Gasteiger partial charge < -0.3 is 14.7 Å². The van der Waals surface area contributed by atoms with Crippen LogP contribution in [0.3, 0.4) is 0 Å². The molecule has 0 unspecified atom stereocenters. The van der Waals surface area contributed by atoms with Crippen molar-refractivity contribution in [3.63, 3.8) is 0 Å². The molecule has 1 aliphatic heterocycles. The van der Waals surface area contributed by atoms with Crippen LogP contribution in [-0.4, -0.2) is 42.7 Å². The van der Waals surface area contributed by atoms with Gasteiger partial charge in [-0.05, 0) is 87.4 Å². The quantitative estimate of drug-likeness (QED) is 0.287. The molecule has 8 nitrogen and oxygen atoms in total. The Morgan fingerprint density at radius 1 is 0.975 bits per heavy atom. The van der Waals surface area contributed by atoms with Crippen molar-refractivity contribution >= 4 is 6.09 Å². The molecule has 1 aromatic carbocycles. The van der Waals surface area contributed by atoms with E-state index < -0.39 is 5.60 Å². The van der Waals surface area contributed by atoms with E-state index in [0.717, 1.165) is 52.4 Å². The maximum absolute atomic E-state index is 13.1. The maximum Gasteiger partial charge on any atom is 0.410 e. The minimum absolute atomic E-state index is 0.0633. The number of aromatic nitrogens is 4. The van der Waals surface area contributed by atoms with Crippen molar-refractivity contribution in [2.24, 2.45) is 0 Å². The van der Waals surface area contributed by atoms with Crippen LogP contribution in [0.25, 0.3) is 28.1 Å². The summed E-state index contributed by atoms with van der Waals surface area (Å²) < 4.78 is 7.27. The fraction of sp³-hybridized carbons (Fsp3) is 0.406. The van der Waals surface area contributed by atoms with Gasteiger partial charge in [0.25, 0.3) is 5.56 Å². The number of benzene rings is 1. The van der Waals surface area contributed by atoms with Gasteiger partial charge in [-0.1, -0.05) is 25.0 Å². The molecule has 2 fully saturated rings. The van der Waals surface area contributed by atoms with Crippen molar-refractivity contribution in [2.45, 2.75) is 76.9 Å². The van der Waals surface area contributed by atoms with Gasteiger partial charge >= 0.3 is 6.09 Å². The number of nitrogens with zero attached hydrogens (tertiary/aromatic N) is 3. The second-order valence-electron chi connectivity index (χ2n) is 12.0. The number of rotatable bonds is 5. The number of likely N-dealkylation sites (tertiary alicyclic amines) is 1. The maximum atomic E-state index is 13.1. The number of imidazole rings is 1. The topological polar surface area (TPSA) is 96.0 Å². The molecule has 208 valence electrons. The number of pyridine rings is 1. The highest BCUT2D eigenvalue weighted by molar-refractivity contribution is 5.70. The first-order chi connectivity index (χ1) is 19.2. The predicted molar refractivity (Wildman–Crippen MR) is 156 cm³/mol. The molecule has 0 bridgehead atoms. The molecule has 1 saturated heterocycles. The van der Waals surface area contributed by atoms with E-state index in [9.17, 15) is 9.59 Å². The van der Waals surface area contributed by atoms with E-state index in [4.69, 9.17) is 4.74 Å². The number of carbonyl (C=O) groups is 1. The van der Waals surface area contributed by atoms with Crippen LogP contribution < -0.4 is 5.56 Å². The van der Waals surface area contributed by atoms with E-state index >= 15 is 0 Å². The van der Waals surface area contributed by atoms with Crippen LogP contribution in [0.2, 0.25) is 0 Å². The first kappa shape index (κ1) is 26.2. The smallest absolute Gasteiger partial charge is 0.410 e. The summed E-state index contributed by atoms with van der Waals surface area (Å²) in [7, 11) is 0. The van der Waals surface area contributed by atoms with Crippen molar-refractivity contribution in [1.82, 2.24) is 24.4 Å². The fourth-order valence-corrected chi connectivity index (χ4v) is 5.96. The first-order valence-corrected chi connectivity index (χ1v) is 14.3. The SMILES string of the molecule is CC(C)(C)OC(=O)N1CCC[C@H]1c1cc(-c2ccn(-c3ccc(-c4cnc(C5CCCC5)[nH]4)cc3)c(=O)c2)c[nH]1. The van der Waals surface area contributed by atoms with Crippen LogP contribution in [0.15, 0.2) is 65.8 Å². The highest BCUT2D eigenvalue weighted by Gasteiger charge is 2.34. The minimum atomic E-state index is -0.535. The third-order valence-corrected chi connectivity index (χ3v) is 7.99. The first-order valence-electron chi connectivity index (χ1n) is 14.3. The summed E-state index contributed by atoms with van der Waals surface area (Å²) in [6.45, 7) is 6.31. The Labute approximate surface area is 234 Å². The van der Waals surface area contributed by atoms with E-state index in [0.29, 0.717) is 12.5 Å². The predicted octanol–water partition coefficient (Wildman–Crippen LogP) is 6.95. The van der Waals surface area contributed by atoms with Gasteiger partial charge in [0.1, 0.15) is 11.4 Å². The van der Waals surface area contributed by atoms with Crippen LogP contribution in [0.5, 0.6) is 0 Å². The lowest BCUT2D eigenvalue weighted by molar-refractivity contribution is 0.0222. The Bertz CT molecular complexity index is 1550. The zero-order chi connectivity index (χ0) is 27.9. The normalized spacial score (nSPS) is 18.0. The lowest BCUT2D eigenvalue weighted by atomic mass is 10.1. The molecule has 4 heterocycles. The van der Waals surface area contributed by atoms with Crippen LogP contribution >= 0.6 is 0 Å². The van der Waals surface area contributed by atoms with Crippen LogP contribution in [0.1, 0.15) is 82.8 Å². The molecule has 4 aromatic rings. The van der Waals surface area contributed by atoms with Crippen LogP contribution in [0.4, 0.5) is 4.79 Å². The lowest BCUT2D eigenvalue weighted by Gasteiger charge is -2.28. The van der Waals surface area contributed by atoms with Gasteiger partial charge in [0, 0.05) is 42.3 Å². The number of ether oxygens (including phenoxy) is 1. The third kappa shape index (κ3) is 5.35. The van der Waals surface area contributed by atoms with E-state index in [1.807, 2.05) is 75.8 Å². The average Bonchev–Trinajstić information content (AvgIpc) is 3.74. The Morgan fingerprint density at radius 3 is 2.48 bits per heavy atom. The summed E-state index contributed by atoms with van der Waals surface area (Å²) in [5, 5.41) is 0. The van der Waals surface area contributed by atoms with E-state index in [1.165, 1.54) is 25.7 Å². The number of nitrogens with one attached hydrogen (secondary N) is 2. The molecule has 2 aliphatic rings. The van der Waals surface area contributed by atoms with Gasteiger partial charge in [-0.25, -0.2) is 9.78 Å². The number of H-pyrrole nitrogens is 2. The summed E-state index contributed by atoms with van der Waals surface area (Å²) in [5.74, 6) is 1.63. The molecule has 40 heavy (non-hydrogen) atoms. The Morgan fingerprint density at radius 2 is 1.75 bits per heavy atom. The van der Waals surface area contributed by atoms with Gasteiger partial charge in [-0.2, -0.15) is 0 Å². The molecule has 3 aromatic heterocycles. The minimum Gasteiger partial charge on any atom is -0.444 e.